The highest BCUT2D eigenvalue weighted by Gasteiger charge is 2.43. The number of nitrogens with zero attached hydrogens (tertiary/aromatic N) is 2. The molecule has 4 aromatic rings. The number of methoxy groups -OCH3 is 1. The van der Waals surface area contributed by atoms with Crippen LogP contribution in [0.2, 0.25) is 0 Å². The van der Waals surface area contributed by atoms with Crippen molar-refractivity contribution < 1.29 is 24.2 Å². The topological polar surface area (TPSA) is 112 Å². The van der Waals surface area contributed by atoms with Crippen molar-refractivity contribution in [2.45, 2.75) is 12.6 Å². The second-order valence-electron chi connectivity index (χ2n) is 7.22. The summed E-state index contributed by atoms with van der Waals surface area (Å²) in [5.74, 6) is 0.755. The summed E-state index contributed by atoms with van der Waals surface area (Å²) in [5.41, 5.74) is 2.72. The third-order valence-corrected chi connectivity index (χ3v) is 5.45. The minimum Gasteiger partial charge on any atom is -0.507 e. The number of fused-ring (bicyclic) bond motifs is 1. The fourth-order valence-corrected chi connectivity index (χ4v) is 4.02. The van der Waals surface area contributed by atoms with Gasteiger partial charge in [0.2, 0.25) is 0 Å². The number of aromatic hydroxyl groups is 2. The number of nitrogens with one attached hydrogen (secondary N) is 1. The van der Waals surface area contributed by atoms with Crippen LogP contribution in [0.1, 0.15) is 33.4 Å². The molecular weight excluding hydrogens is 398 g/mol. The molecule has 2 aromatic heterocycles. The zero-order chi connectivity index (χ0) is 21.5. The van der Waals surface area contributed by atoms with Gasteiger partial charge in [-0.3, -0.25) is 9.89 Å². The van der Waals surface area contributed by atoms with Gasteiger partial charge in [-0.05, 0) is 42.0 Å². The number of rotatable bonds is 5. The Bertz CT molecular complexity index is 1260. The highest BCUT2D eigenvalue weighted by atomic mass is 16.5. The second kappa shape index (κ2) is 7.24. The van der Waals surface area contributed by atoms with Gasteiger partial charge in [0.25, 0.3) is 5.91 Å². The van der Waals surface area contributed by atoms with Crippen molar-refractivity contribution in [3.05, 3.63) is 83.4 Å². The molecule has 0 aliphatic carbocycles. The smallest absolute Gasteiger partial charge is 0.273 e. The van der Waals surface area contributed by atoms with Gasteiger partial charge in [-0.15, -0.1) is 0 Å². The number of aromatic nitrogens is 2. The van der Waals surface area contributed by atoms with E-state index < -0.39 is 6.04 Å². The first-order valence-corrected chi connectivity index (χ1v) is 9.65. The van der Waals surface area contributed by atoms with Crippen molar-refractivity contribution in [2.75, 3.05) is 7.11 Å². The van der Waals surface area contributed by atoms with E-state index in [1.807, 2.05) is 0 Å². The van der Waals surface area contributed by atoms with Gasteiger partial charge in [-0.2, -0.15) is 5.10 Å². The number of carbonyl (C=O) groups is 1. The molecule has 1 amide bonds. The lowest BCUT2D eigenvalue weighted by molar-refractivity contribution is 0.0717. The number of H-pyrrole nitrogens is 1. The van der Waals surface area contributed by atoms with E-state index in [0.717, 1.165) is 5.56 Å². The van der Waals surface area contributed by atoms with Gasteiger partial charge in [0.15, 0.2) is 11.5 Å². The molecule has 0 bridgehead atoms. The van der Waals surface area contributed by atoms with Crippen LogP contribution in [-0.4, -0.2) is 38.3 Å². The van der Waals surface area contributed by atoms with Crippen molar-refractivity contribution in [3.8, 4) is 28.5 Å². The van der Waals surface area contributed by atoms with Gasteiger partial charge in [0.1, 0.15) is 22.9 Å². The van der Waals surface area contributed by atoms with E-state index in [9.17, 15) is 15.0 Å². The van der Waals surface area contributed by atoms with Gasteiger partial charge in [0, 0.05) is 11.1 Å². The van der Waals surface area contributed by atoms with E-state index in [0.29, 0.717) is 34.0 Å². The lowest BCUT2D eigenvalue weighted by Crippen LogP contribution is -2.29. The number of carbonyl (C=O) groups excluding carboxylic acids is 1. The third kappa shape index (κ3) is 3.00. The summed E-state index contributed by atoms with van der Waals surface area (Å²) < 4.78 is 10.8. The van der Waals surface area contributed by atoms with Crippen molar-refractivity contribution >= 4 is 5.91 Å². The van der Waals surface area contributed by atoms with Crippen LogP contribution in [0.15, 0.2) is 65.3 Å². The Morgan fingerprint density at radius 1 is 1.13 bits per heavy atom. The van der Waals surface area contributed by atoms with Crippen LogP contribution in [0.25, 0.3) is 11.3 Å². The number of amides is 1. The molecule has 1 aliphatic rings. The summed E-state index contributed by atoms with van der Waals surface area (Å²) in [7, 11) is 1.47. The Labute approximate surface area is 177 Å². The van der Waals surface area contributed by atoms with E-state index in [1.165, 1.54) is 13.2 Å². The molecule has 0 spiro atoms. The number of hydrogen-bond acceptors (Lipinski definition) is 6. The molecule has 0 unspecified atom stereocenters. The summed E-state index contributed by atoms with van der Waals surface area (Å²) in [4.78, 5) is 15.0. The van der Waals surface area contributed by atoms with Crippen LogP contribution in [0, 0.1) is 0 Å². The summed E-state index contributed by atoms with van der Waals surface area (Å²) >= 11 is 0. The number of furan rings is 1. The number of para-hydroxylation sites is 1. The zero-order valence-corrected chi connectivity index (χ0v) is 16.6. The molecule has 31 heavy (non-hydrogen) atoms. The molecule has 5 rings (SSSR count). The quantitative estimate of drug-likeness (QED) is 0.455. The van der Waals surface area contributed by atoms with Crippen molar-refractivity contribution in [2.24, 2.45) is 0 Å². The van der Waals surface area contributed by atoms with Gasteiger partial charge in [-0.1, -0.05) is 18.2 Å². The summed E-state index contributed by atoms with van der Waals surface area (Å²) in [5, 5.41) is 27.7. The van der Waals surface area contributed by atoms with Gasteiger partial charge >= 0.3 is 0 Å². The Kier molecular flexibility index (Phi) is 4.39. The van der Waals surface area contributed by atoms with Crippen LogP contribution in [0.3, 0.4) is 0 Å². The monoisotopic (exact) mass is 417 g/mol. The molecule has 1 atom stereocenters. The molecule has 2 aromatic carbocycles. The number of aromatic amines is 1. The van der Waals surface area contributed by atoms with Crippen LogP contribution < -0.4 is 4.74 Å². The maximum atomic E-state index is 13.3. The number of hydrogen-bond donors (Lipinski definition) is 3. The van der Waals surface area contributed by atoms with Crippen molar-refractivity contribution in [1.82, 2.24) is 15.1 Å². The Morgan fingerprint density at radius 2 is 1.97 bits per heavy atom. The molecule has 3 heterocycles. The minimum absolute atomic E-state index is 0.00139. The normalized spacial score (nSPS) is 15.3. The fourth-order valence-electron chi connectivity index (χ4n) is 4.02. The van der Waals surface area contributed by atoms with Crippen molar-refractivity contribution in [1.29, 1.82) is 0 Å². The third-order valence-electron chi connectivity index (χ3n) is 5.45. The van der Waals surface area contributed by atoms with Gasteiger partial charge in [-0.25, -0.2) is 0 Å². The molecular formula is C23H19N3O5. The van der Waals surface area contributed by atoms with Crippen molar-refractivity contribution in [3.63, 3.8) is 0 Å². The second-order valence-corrected chi connectivity index (χ2v) is 7.22. The lowest BCUT2D eigenvalue weighted by atomic mass is 9.95. The standard InChI is InChI=1S/C23H19N3O5/c1-30-18-11-13(8-9-17(18)28)22-19-20(15-6-2-3-7-16(15)27)24-25-21(19)23(29)26(22)12-14-5-4-10-31-14/h2-11,22,27-28H,12H2,1H3,(H,24,25)/t22-/m0/s1. The SMILES string of the molecule is COc1cc([C@H]2c3c(-c4ccccc4O)n[nH]c3C(=O)N2Cc2ccco2)ccc1O. The number of phenolic OH excluding ortho intramolecular Hbond substituents is 2. The molecule has 0 radical (unpaired) electrons. The zero-order valence-electron chi connectivity index (χ0n) is 16.6. The Morgan fingerprint density at radius 3 is 2.71 bits per heavy atom. The molecule has 8 nitrogen and oxygen atoms in total. The molecule has 8 heteroatoms. The molecule has 0 saturated carbocycles. The highest BCUT2D eigenvalue weighted by molar-refractivity contribution is 6.00. The van der Waals surface area contributed by atoms with Crippen LogP contribution in [0.5, 0.6) is 17.2 Å². The maximum absolute atomic E-state index is 13.3. The van der Waals surface area contributed by atoms with Crippen LogP contribution in [0.4, 0.5) is 0 Å². The van der Waals surface area contributed by atoms with E-state index in [2.05, 4.69) is 10.2 Å². The Hall–Kier alpha value is -4.20. The number of benzene rings is 2. The fraction of sp³-hybridized carbons (Fsp3) is 0.130. The molecule has 1 aliphatic heterocycles. The number of phenols is 2. The van der Waals surface area contributed by atoms with Gasteiger partial charge in [0.05, 0.1) is 26.0 Å². The molecule has 0 saturated heterocycles. The molecule has 3 N–H and O–H groups in total. The predicted octanol–water partition coefficient (Wildman–Crippen LogP) is 3.83. The summed E-state index contributed by atoms with van der Waals surface area (Å²) in [6, 6.07) is 14.8. The summed E-state index contributed by atoms with van der Waals surface area (Å²) in [6.07, 6.45) is 1.56. The lowest BCUT2D eigenvalue weighted by Gasteiger charge is -2.26. The van der Waals surface area contributed by atoms with E-state index in [-0.39, 0.29) is 24.0 Å². The minimum atomic E-state index is -0.532. The number of ether oxygens (including phenoxy) is 1. The first-order valence-electron chi connectivity index (χ1n) is 9.65. The summed E-state index contributed by atoms with van der Waals surface area (Å²) in [6.45, 7) is 0.239. The van der Waals surface area contributed by atoms with E-state index in [1.54, 1.807) is 59.7 Å². The maximum Gasteiger partial charge on any atom is 0.273 e. The van der Waals surface area contributed by atoms with E-state index >= 15 is 0 Å². The van der Waals surface area contributed by atoms with Crippen LogP contribution >= 0.6 is 0 Å². The highest BCUT2D eigenvalue weighted by Crippen LogP contribution is 2.46. The average Bonchev–Trinajstić information content (AvgIpc) is 3.49. The largest absolute Gasteiger partial charge is 0.507 e. The molecule has 156 valence electrons. The van der Waals surface area contributed by atoms with Gasteiger partial charge < -0.3 is 24.3 Å². The van der Waals surface area contributed by atoms with Crippen LogP contribution in [-0.2, 0) is 6.54 Å². The first-order chi connectivity index (χ1) is 15.1. The average molecular weight is 417 g/mol. The molecule has 0 fully saturated rings. The van der Waals surface area contributed by atoms with E-state index in [4.69, 9.17) is 9.15 Å². The Balaban J connectivity index is 1.70. The first kappa shape index (κ1) is 18.8. The predicted molar refractivity (Wildman–Crippen MR) is 111 cm³/mol.